The molecule has 0 unspecified atom stereocenters. The predicted octanol–water partition coefficient (Wildman–Crippen LogP) is 6.10. The van der Waals surface area contributed by atoms with Crippen molar-refractivity contribution >= 4 is 34.6 Å². The molecule has 2 aliphatic rings. The molecule has 0 bridgehead atoms. The number of carbonyl (C=O) groups excluding carboxylic acids is 1. The molecule has 0 spiro atoms. The largest absolute Gasteiger partial charge is 0.437 e. The monoisotopic (exact) mass is 615 g/mol. The molecule has 0 amide bonds. The van der Waals surface area contributed by atoms with Crippen LogP contribution in [0.3, 0.4) is 0 Å². The summed E-state index contributed by atoms with van der Waals surface area (Å²) in [6, 6.07) is 21.3. The van der Waals surface area contributed by atoms with Crippen LogP contribution in [0.15, 0.2) is 77.3 Å². The number of halogens is 3. The topological polar surface area (TPSA) is 94.4 Å². The van der Waals surface area contributed by atoms with E-state index in [1.807, 2.05) is 42.5 Å². The number of benzene rings is 2. The Hall–Kier alpha value is -4.87. The molecule has 5 aromatic rings. The lowest BCUT2D eigenvalue weighted by Crippen LogP contribution is -2.47. The van der Waals surface area contributed by atoms with Crippen LogP contribution in [0.4, 0.5) is 31.0 Å². The smallest absolute Gasteiger partial charge is 0.420 e. The van der Waals surface area contributed by atoms with Gasteiger partial charge in [-0.2, -0.15) is 18.2 Å². The Morgan fingerprint density at radius 1 is 0.844 bits per heavy atom. The van der Waals surface area contributed by atoms with E-state index in [0.29, 0.717) is 24.6 Å². The Bertz CT molecular complexity index is 1740. The number of nitrogens with zero attached hydrogens (tertiary/aromatic N) is 6. The summed E-state index contributed by atoms with van der Waals surface area (Å²) in [5.41, 5.74) is 2.35. The van der Waals surface area contributed by atoms with Crippen molar-refractivity contribution < 1.29 is 22.4 Å². The lowest BCUT2D eigenvalue weighted by molar-refractivity contribution is -0.141. The van der Waals surface area contributed by atoms with Crippen LogP contribution in [0.25, 0.3) is 11.0 Å². The van der Waals surface area contributed by atoms with Gasteiger partial charge in [-0.1, -0.05) is 48.5 Å². The number of rotatable bonds is 7. The third kappa shape index (κ3) is 6.09. The maximum absolute atomic E-state index is 13.9. The summed E-state index contributed by atoms with van der Waals surface area (Å²) >= 11 is 0. The zero-order valence-electron chi connectivity index (χ0n) is 24.5. The van der Waals surface area contributed by atoms with Gasteiger partial charge in [0.25, 0.3) is 6.01 Å². The Morgan fingerprint density at radius 3 is 2.24 bits per heavy atom. The third-order valence-corrected chi connectivity index (χ3v) is 8.63. The minimum Gasteiger partial charge on any atom is -0.420 e. The zero-order chi connectivity index (χ0) is 31.0. The number of fused-ring (bicyclic) bond motifs is 1. The average molecular weight is 616 g/mol. The zero-order valence-corrected chi connectivity index (χ0v) is 24.5. The fourth-order valence-corrected chi connectivity index (χ4v) is 6.16. The molecule has 0 aliphatic carbocycles. The van der Waals surface area contributed by atoms with Crippen LogP contribution in [0.5, 0.6) is 0 Å². The Kier molecular flexibility index (Phi) is 7.64. The van der Waals surface area contributed by atoms with Crippen molar-refractivity contribution in [1.82, 2.24) is 19.9 Å². The first-order chi connectivity index (χ1) is 21.8. The van der Waals surface area contributed by atoms with E-state index in [0.717, 1.165) is 61.8 Å². The van der Waals surface area contributed by atoms with E-state index in [4.69, 9.17) is 4.42 Å². The number of pyridine rings is 1. The highest BCUT2D eigenvalue weighted by molar-refractivity contribution is 5.96. The summed E-state index contributed by atoms with van der Waals surface area (Å²) in [5, 5.41) is 0. The van der Waals surface area contributed by atoms with E-state index < -0.39 is 23.4 Å². The SMILES string of the molecule is O=C(Cc1ccc(N2CCN(c3nc4ccccc4[nH]3)CC2)nc1)c1oc(N2CCC(c3ccccc3)CC2)nc1C(F)(F)F. The van der Waals surface area contributed by atoms with Gasteiger partial charge in [-0.05, 0) is 48.1 Å². The molecule has 9 nitrogen and oxygen atoms in total. The second kappa shape index (κ2) is 11.9. The predicted molar refractivity (Wildman–Crippen MR) is 165 cm³/mol. The molecule has 2 aromatic carbocycles. The Labute approximate surface area is 257 Å². The van der Waals surface area contributed by atoms with Gasteiger partial charge in [0.05, 0.1) is 11.0 Å². The van der Waals surface area contributed by atoms with Crippen molar-refractivity contribution in [2.24, 2.45) is 0 Å². The molecule has 12 heteroatoms. The summed E-state index contributed by atoms with van der Waals surface area (Å²) in [5.74, 6) is 0.356. The highest BCUT2D eigenvalue weighted by Crippen LogP contribution is 2.37. The Morgan fingerprint density at radius 2 is 1.56 bits per heavy atom. The molecule has 45 heavy (non-hydrogen) atoms. The molecule has 7 rings (SSSR count). The second-order valence-electron chi connectivity index (χ2n) is 11.5. The van der Waals surface area contributed by atoms with Crippen LogP contribution in [0.2, 0.25) is 0 Å². The highest BCUT2D eigenvalue weighted by Gasteiger charge is 2.42. The number of anilines is 3. The molecular weight excluding hydrogens is 583 g/mol. The van der Waals surface area contributed by atoms with Crippen LogP contribution in [-0.4, -0.2) is 65.0 Å². The van der Waals surface area contributed by atoms with Crippen LogP contribution in [0.1, 0.15) is 46.1 Å². The standard InChI is InChI=1S/C33H32F3N7O2/c34-33(35,36)30-29(45-32(40-30)43-14-12-24(13-15-43)23-6-2-1-3-7-23)27(44)20-22-10-11-28(37-21-22)41-16-18-42(19-17-41)31-38-25-8-4-5-9-26(25)39-31/h1-11,21,24H,12-20H2,(H,38,39). The number of alkyl halides is 3. The maximum atomic E-state index is 13.9. The van der Waals surface area contributed by atoms with Gasteiger partial charge in [0.15, 0.2) is 5.69 Å². The van der Waals surface area contributed by atoms with Crippen LogP contribution in [0, 0.1) is 0 Å². The molecule has 0 radical (unpaired) electrons. The Balaban J connectivity index is 0.984. The van der Waals surface area contributed by atoms with E-state index in [-0.39, 0.29) is 12.4 Å². The van der Waals surface area contributed by atoms with Crippen molar-refractivity contribution in [2.45, 2.75) is 31.4 Å². The van der Waals surface area contributed by atoms with E-state index in [1.165, 1.54) is 11.8 Å². The van der Waals surface area contributed by atoms with E-state index in [1.54, 1.807) is 17.0 Å². The molecule has 3 aromatic heterocycles. The van der Waals surface area contributed by atoms with Crippen molar-refractivity contribution in [2.75, 3.05) is 54.0 Å². The number of aromatic nitrogens is 4. The number of para-hydroxylation sites is 2. The number of nitrogens with one attached hydrogen (secondary N) is 1. The van der Waals surface area contributed by atoms with Crippen LogP contribution < -0.4 is 14.7 Å². The van der Waals surface area contributed by atoms with Gasteiger partial charge in [0.1, 0.15) is 5.82 Å². The summed E-state index contributed by atoms with van der Waals surface area (Å²) in [6.45, 7) is 3.92. The number of imidazole rings is 1. The molecule has 1 N–H and O–H groups in total. The van der Waals surface area contributed by atoms with Crippen molar-refractivity contribution in [3.05, 3.63) is 95.5 Å². The van der Waals surface area contributed by atoms with E-state index in [2.05, 4.69) is 41.9 Å². The number of ketones is 1. The number of hydrogen-bond donors (Lipinski definition) is 1. The summed E-state index contributed by atoms with van der Waals surface area (Å²) in [7, 11) is 0. The molecule has 2 fully saturated rings. The minimum absolute atomic E-state index is 0.160. The quantitative estimate of drug-likeness (QED) is 0.220. The van der Waals surface area contributed by atoms with E-state index >= 15 is 0 Å². The van der Waals surface area contributed by atoms with Crippen molar-refractivity contribution in [1.29, 1.82) is 0 Å². The van der Waals surface area contributed by atoms with Gasteiger partial charge in [-0.15, -0.1) is 0 Å². The number of H-pyrrole nitrogens is 1. The van der Waals surface area contributed by atoms with Gasteiger partial charge in [0, 0.05) is 51.9 Å². The first-order valence-electron chi connectivity index (χ1n) is 15.1. The summed E-state index contributed by atoms with van der Waals surface area (Å²) in [6.07, 6.45) is -2.05. The highest BCUT2D eigenvalue weighted by atomic mass is 19.4. The van der Waals surface area contributed by atoms with Gasteiger partial charge >= 0.3 is 6.18 Å². The lowest BCUT2D eigenvalue weighted by atomic mass is 9.90. The molecule has 2 aliphatic heterocycles. The molecular formula is C33H32F3N7O2. The number of piperidine rings is 1. The van der Waals surface area contributed by atoms with Gasteiger partial charge < -0.3 is 24.1 Å². The molecule has 0 atom stereocenters. The number of oxazole rings is 1. The minimum atomic E-state index is -4.82. The summed E-state index contributed by atoms with van der Waals surface area (Å²) < 4.78 is 47.4. The fourth-order valence-electron chi connectivity index (χ4n) is 6.16. The molecule has 0 saturated carbocycles. The average Bonchev–Trinajstić information content (AvgIpc) is 3.72. The van der Waals surface area contributed by atoms with Crippen molar-refractivity contribution in [3.8, 4) is 0 Å². The molecule has 5 heterocycles. The first-order valence-corrected chi connectivity index (χ1v) is 15.1. The van der Waals surface area contributed by atoms with Crippen molar-refractivity contribution in [3.63, 3.8) is 0 Å². The number of aromatic amines is 1. The van der Waals surface area contributed by atoms with Crippen LogP contribution in [-0.2, 0) is 12.6 Å². The molecule has 232 valence electrons. The number of piperazine rings is 1. The number of carbonyl (C=O) groups is 1. The van der Waals surface area contributed by atoms with Gasteiger partial charge in [0.2, 0.25) is 17.5 Å². The van der Waals surface area contributed by atoms with Gasteiger partial charge in [-0.25, -0.2) is 9.97 Å². The maximum Gasteiger partial charge on any atom is 0.437 e. The number of hydrogen-bond acceptors (Lipinski definition) is 8. The van der Waals surface area contributed by atoms with E-state index in [9.17, 15) is 18.0 Å². The second-order valence-corrected chi connectivity index (χ2v) is 11.5. The first kappa shape index (κ1) is 28.9. The normalized spacial score (nSPS) is 16.5. The lowest BCUT2D eigenvalue weighted by Gasteiger charge is -2.35. The van der Waals surface area contributed by atoms with Crippen LogP contribution >= 0.6 is 0 Å². The summed E-state index contributed by atoms with van der Waals surface area (Å²) in [4.78, 5) is 35.5. The van der Waals surface area contributed by atoms with Gasteiger partial charge in [-0.3, -0.25) is 4.79 Å². The number of Topliss-reactive ketones (excluding diaryl/α,β-unsaturated/α-hetero) is 1. The molecule has 2 saturated heterocycles. The third-order valence-electron chi connectivity index (χ3n) is 8.63. The fraction of sp³-hybridized carbons (Fsp3) is 0.333.